The van der Waals surface area contributed by atoms with E-state index in [9.17, 15) is 5.11 Å². The van der Waals surface area contributed by atoms with Gasteiger partial charge < -0.3 is 5.11 Å². The molecule has 0 heterocycles. The molecular formula is C12H25NO. The molecule has 0 aromatic rings. The molecule has 0 aromatic heterocycles. The number of nitrogens with zero attached hydrogens (tertiary/aromatic N) is 1. The van der Waals surface area contributed by atoms with E-state index in [2.05, 4.69) is 32.6 Å². The summed E-state index contributed by atoms with van der Waals surface area (Å²) in [5.41, 5.74) is -0.00926. The molecule has 1 saturated carbocycles. The summed E-state index contributed by atoms with van der Waals surface area (Å²) in [6.07, 6.45) is 3.34. The summed E-state index contributed by atoms with van der Waals surface area (Å²) >= 11 is 0. The molecule has 2 atom stereocenters. The highest BCUT2D eigenvalue weighted by Gasteiger charge is 2.44. The topological polar surface area (TPSA) is 23.5 Å². The maximum Gasteiger partial charge on any atom is 0.0749 e. The predicted molar refractivity (Wildman–Crippen MR) is 60.3 cm³/mol. The molecule has 0 radical (unpaired) electrons. The molecule has 1 N–H and O–H groups in total. The van der Waals surface area contributed by atoms with Crippen LogP contribution >= 0.6 is 0 Å². The molecule has 2 nitrogen and oxygen atoms in total. The molecule has 1 fully saturated rings. The second kappa shape index (κ2) is 4.63. The Balaban J connectivity index is 2.70. The second-order valence-corrected chi connectivity index (χ2v) is 4.67. The van der Waals surface area contributed by atoms with Crippen molar-refractivity contribution in [2.24, 2.45) is 5.92 Å². The second-order valence-electron chi connectivity index (χ2n) is 4.67. The van der Waals surface area contributed by atoms with Crippen LogP contribution in [0.5, 0.6) is 0 Å². The molecule has 2 unspecified atom stereocenters. The van der Waals surface area contributed by atoms with Crippen molar-refractivity contribution in [1.29, 1.82) is 0 Å². The fraction of sp³-hybridized carbons (Fsp3) is 1.00. The van der Waals surface area contributed by atoms with Crippen LogP contribution in [0.15, 0.2) is 0 Å². The van der Waals surface area contributed by atoms with E-state index in [0.717, 1.165) is 19.5 Å². The maximum atomic E-state index is 10.3. The van der Waals surface area contributed by atoms with Crippen LogP contribution in [-0.4, -0.2) is 34.7 Å². The standard InChI is InChI=1S/C12H25NO/c1-5-12(4,13(6-2)7-3)11(14)10-8-9-10/h10-11,14H,5-9H2,1-4H3. The van der Waals surface area contributed by atoms with E-state index in [1.165, 1.54) is 12.8 Å². The monoisotopic (exact) mass is 199 g/mol. The Hall–Kier alpha value is -0.0800. The molecule has 14 heavy (non-hydrogen) atoms. The lowest BCUT2D eigenvalue weighted by Gasteiger charge is -2.43. The number of hydrogen-bond acceptors (Lipinski definition) is 2. The Morgan fingerprint density at radius 3 is 2.07 bits per heavy atom. The van der Waals surface area contributed by atoms with Gasteiger partial charge in [-0.25, -0.2) is 0 Å². The Morgan fingerprint density at radius 1 is 1.29 bits per heavy atom. The van der Waals surface area contributed by atoms with Gasteiger partial charge in [-0.3, -0.25) is 4.90 Å². The van der Waals surface area contributed by atoms with Gasteiger partial charge >= 0.3 is 0 Å². The van der Waals surface area contributed by atoms with Gasteiger partial charge in [-0.15, -0.1) is 0 Å². The van der Waals surface area contributed by atoms with Gasteiger partial charge in [0.1, 0.15) is 0 Å². The first-order valence-corrected chi connectivity index (χ1v) is 6.03. The summed E-state index contributed by atoms with van der Waals surface area (Å²) < 4.78 is 0. The van der Waals surface area contributed by atoms with Gasteiger partial charge in [-0.05, 0) is 45.2 Å². The number of aliphatic hydroxyl groups is 1. The Bertz CT molecular complexity index is 171. The van der Waals surface area contributed by atoms with Crippen LogP contribution in [0.25, 0.3) is 0 Å². The van der Waals surface area contributed by atoms with Crippen molar-refractivity contribution in [3.8, 4) is 0 Å². The zero-order valence-electron chi connectivity index (χ0n) is 10.1. The van der Waals surface area contributed by atoms with Crippen molar-refractivity contribution >= 4 is 0 Å². The average molecular weight is 199 g/mol. The first kappa shape index (κ1) is 12.0. The number of aliphatic hydroxyl groups excluding tert-OH is 1. The highest BCUT2D eigenvalue weighted by Crippen LogP contribution is 2.40. The van der Waals surface area contributed by atoms with Crippen LogP contribution in [0, 0.1) is 5.92 Å². The van der Waals surface area contributed by atoms with E-state index < -0.39 is 0 Å². The zero-order chi connectivity index (χ0) is 10.8. The van der Waals surface area contributed by atoms with Crippen molar-refractivity contribution in [3.63, 3.8) is 0 Å². The van der Waals surface area contributed by atoms with E-state index in [-0.39, 0.29) is 11.6 Å². The van der Waals surface area contributed by atoms with Gasteiger partial charge in [0.25, 0.3) is 0 Å². The van der Waals surface area contributed by atoms with Gasteiger partial charge in [0.2, 0.25) is 0 Å². The third-order valence-electron chi connectivity index (χ3n) is 3.91. The fourth-order valence-electron chi connectivity index (χ4n) is 2.49. The van der Waals surface area contributed by atoms with Crippen LogP contribution in [-0.2, 0) is 0 Å². The minimum absolute atomic E-state index is 0.00926. The summed E-state index contributed by atoms with van der Waals surface area (Å²) in [4.78, 5) is 2.40. The lowest BCUT2D eigenvalue weighted by molar-refractivity contribution is -0.0312. The molecule has 0 amide bonds. The van der Waals surface area contributed by atoms with Crippen molar-refractivity contribution in [2.75, 3.05) is 13.1 Å². The normalized spacial score (nSPS) is 23.6. The highest BCUT2D eigenvalue weighted by atomic mass is 16.3. The summed E-state index contributed by atoms with van der Waals surface area (Å²) in [6.45, 7) is 10.8. The SMILES string of the molecule is CCN(CC)C(C)(CC)C(O)C1CC1. The molecule has 0 spiro atoms. The molecule has 0 aliphatic heterocycles. The maximum absolute atomic E-state index is 10.3. The van der Waals surface area contributed by atoms with Gasteiger partial charge in [-0.2, -0.15) is 0 Å². The Kier molecular flexibility index (Phi) is 3.96. The average Bonchev–Trinajstić information content (AvgIpc) is 3.01. The minimum atomic E-state index is -0.132. The van der Waals surface area contributed by atoms with Gasteiger partial charge in [0.05, 0.1) is 6.10 Å². The third-order valence-corrected chi connectivity index (χ3v) is 3.91. The lowest BCUT2D eigenvalue weighted by Crippen LogP contribution is -2.55. The Morgan fingerprint density at radius 2 is 1.79 bits per heavy atom. The summed E-state index contributed by atoms with van der Waals surface area (Å²) in [7, 11) is 0. The largest absolute Gasteiger partial charge is 0.391 e. The predicted octanol–water partition coefficient (Wildman–Crippen LogP) is 2.27. The van der Waals surface area contributed by atoms with E-state index in [4.69, 9.17) is 0 Å². The van der Waals surface area contributed by atoms with Crippen molar-refractivity contribution in [1.82, 2.24) is 4.90 Å². The molecule has 0 saturated heterocycles. The van der Waals surface area contributed by atoms with Crippen molar-refractivity contribution < 1.29 is 5.11 Å². The van der Waals surface area contributed by atoms with E-state index in [1.54, 1.807) is 0 Å². The van der Waals surface area contributed by atoms with Crippen LogP contribution in [0.4, 0.5) is 0 Å². The molecular weight excluding hydrogens is 174 g/mol. The molecule has 1 rings (SSSR count). The van der Waals surface area contributed by atoms with Crippen LogP contribution in [0.3, 0.4) is 0 Å². The summed E-state index contributed by atoms with van der Waals surface area (Å²) in [6, 6.07) is 0. The number of hydrogen-bond donors (Lipinski definition) is 1. The molecule has 1 aliphatic rings. The highest BCUT2D eigenvalue weighted by molar-refractivity contribution is 4.98. The van der Waals surface area contributed by atoms with E-state index >= 15 is 0 Å². The lowest BCUT2D eigenvalue weighted by atomic mass is 9.86. The quantitative estimate of drug-likeness (QED) is 0.709. The molecule has 0 aromatic carbocycles. The fourth-order valence-corrected chi connectivity index (χ4v) is 2.49. The molecule has 84 valence electrons. The molecule has 2 heteroatoms. The molecule has 0 bridgehead atoms. The minimum Gasteiger partial charge on any atom is -0.391 e. The van der Waals surface area contributed by atoms with Crippen LogP contribution in [0.2, 0.25) is 0 Å². The van der Waals surface area contributed by atoms with Crippen LogP contribution in [0.1, 0.15) is 47.0 Å². The van der Waals surface area contributed by atoms with Gasteiger partial charge in [0.15, 0.2) is 0 Å². The van der Waals surface area contributed by atoms with Crippen molar-refractivity contribution in [3.05, 3.63) is 0 Å². The first-order chi connectivity index (χ1) is 6.60. The number of likely N-dealkylation sites (N-methyl/N-ethyl adjacent to an activating group) is 1. The Labute approximate surface area is 88.3 Å². The van der Waals surface area contributed by atoms with E-state index in [1.807, 2.05) is 0 Å². The first-order valence-electron chi connectivity index (χ1n) is 6.03. The molecule has 1 aliphatic carbocycles. The smallest absolute Gasteiger partial charge is 0.0749 e. The third kappa shape index (κ3) is 2.12. The summed E-state index contributed by atoms with van der Waals surface area (Å²) in [5.74, 6) is 0.570. The van der Waals surface area contributed by atoms with Gasteiger partial charge in [0, 0.05) is 5.54 Å². The van der Waals surface area contributed by atoms with Crippen molar-refractivity contribution in [2.45, 2.75) is 58.6 Å². The number of rotatable bonds is 6. The van der Waals surface area contributed by atoms with E-state index in [0.29, 0.717) is 5.92 Å². The summed E-state index contributed by atoms with van der Waals surface area (Å²) in [5, 5.41) is 10.3. The van der Waals surface area contributed by atoms with Crippen LogP contribution < -0.4 is 0 Å². The van der Waals surface area contributed by atoms with Gasteiger partial charge in [-0.1, -0.05) is 20.8 Å². The zero-order valence-corrected chi connectivity index (χ0v) is 10.1.